The van der Waals surface area contributed by atoms with Gasteiger partial charge < -0.3 is 19.4 Å². The zero-order valence-electron chi connectivity index (χ0n) is 24.0. The molecule has 2 heterocycles. The maximum Gasteiger partial charge on any atom is 0.573 e. The molecule has 47 heavy (non-hydrogen) atoms. The van der Waals surface area contributed by atoms with E-state index in [0.29, 0.717) is 22.5 Å². The first-order valence-corrected chi connectivity index (χ1v) is 14.5. The summed E-state index contributed by atoms with van der Waals surface area (Å²) in [6, 6.07) is 12.4. The van der Waals surface area contributed by atoms with E-state index in [-0.39, 0.29) is 28.0 Å². The van der Waals surface area contributed by atoms with Crippen molar-refractivity contribution < 1.29 is 49.8 Å². The van der Waals surface area contributed by atoms with Gasteiger partial charge in [-0.25, -0.2) is 14.2 Å². The molecule has 0 aliphatic carbocycles. The van der Waals surface area contributed by atoms with Crippen molar-refractivity contribution in [1.82, 2.24) is 9.55 Å². The van der Waals surface area contributed by atoms with Crippen molar-refractivity contribution in [1.29, 1.82) is 0 Å². The molecule has 0 bridgehead atoms. The van der Waals surface area contributed by atoms with Crippen LogP contribution >= 0.6 is 11.8 Å². The summed E-state index contributed by atoms with van der Waals surface area (Å²) in [6.07, 6.45) is -7.58. The number of carbonyl (C=O) groups is 2. The fourth-order valence-corrected chi connectivity index (χ4v) is 5.18. The number of hydrogen-bond acceptors (Lipinski definition) is 6. The summed E-state index contributed by atoms with van der Waals surface area (Å²) < 4.78 is 101. The highest BCUT2D eigenvalue weighted by atomic mass is 32.2. The van der Waals surface area contributed by atoms with E-state index in [1.54, 1.807) is 13.0 Å². The molecule has 0 spiro atoms. The molecular weight excluding hydrogens is 659 g/mol. The third-order valence-electron chi connectivity index (χ3n) is 6.42. The number of hydrogen-bond donors (Lipinski definition) is 1. The normalized spacial score (nSPS) is 14.5. The van der Waals surface area contributed by atoms with Crippen molar-refractivity contribution in [2.45, 2.75) is 25.9 Å². The van der Waals surface area contributed by atoms with Gasteiger partial charge in [0.2, 0.25) is 5.91 Å². The quantitative estimate of drug-likeness (QED) is 0.190. The number of nitrogens with zero attached hydrogens (tertiary/aromatic N) is 4. The number of benzene rings is 3. The molecule has 1 saturated heterocycles. The Hall–Kier alpha value is -5.06. The number of thioether (sulfide) groups is 1. The molecule has 0 atom stereocenters. The number of rotatable bonds is 8. The van der Waals surface area contributed by atoms with Gasteiger partial charge >= 0.3 is 18.6 Å². The van der Waals surface area contributed by atoms with Crippen LogP contribution in [-0.2, 0) is 4.79 Å². The van der Waals surface area contributed by atoms with E-state index < -0.39 is 49.1 Å². The van der Waals surface area contributed by atoms with Gasteiger partial charge in [-0.3, -0.25) is 9.69 Å². The molecule has 246 valence electrons. The second kappa shape index (κ2) is 13.4. The predicted molar refractivity (Wildman–Crippen MR) is 159 cm³/mol. The molecule has 1 aromatic heterocycles. The van der Waals surface area contributed by atoms with Crippen LogP contribution < -0.4 is 19.7 Å². The first kappa shape index (κ1) is 33.3. The number of anilines is 2. The fourth-order valence-electron chi connectivity index (χ4n) is 4.32. The molecule has 1 aliphatic rings. The van der Waals surface area contributed by atoms with E-state index >= 15 is 4.39 Å². The van der Waals surface area contributed by atoms with Gasteiger partial charge in [0.05, 0.1) is 42.2 Å². The lowest BCUT2D eigenvalue weighted by molar-refractivity contribution is -0.274. The minimum Gasteiger partial charge on any atom is -0.491 e. The van der Waals surface area contributed by atoms with E-state index in [9.17, 15) is 35.9 Å². The molecular formula is C30H22F7N5O4S. The number of amides is 3. The molecule has 3 amide bonds. The SMILES string of the molecule is Cc1ccc(OCCC(F)(F)F)c(N2C(=O)CSC2=NC(=O)Nc2ccc(-c3cn(-c4ccc(OC(F)(F)F)cc4)cn3)cc2F)c1. The number of aryl methyl sites for hydroxylation is 1. The Morgan fingerprint density at radius 2 is 1.79 bits per heavy atom. The van der Waals surface area contributed by atoms with Gasteiger partial charge in [-0.2, -0.15) is 18.2 Å². The first-order valence-electron chi connectivity index (χ1n) is 13.5. The number of ether oxygens (including phenoxy) is 2. The molecule has 9 nitrogen and oxygen atoms in total. The molecule has 4 aromatic rings. The molecule has 3 aromatic carbocycles. The highest BCUT2D eigenvalue weighted by Crippen LogP contribution is 2.36. The van der Waals surface area contributed by atoms with E-state index in [0.717, 1.165) is 34.9 Å². The molecule has 1 aliphatic heterocycles. The lowest BCUT2D eigenvalue weighted by Crippen LogP contribution is -2.31. The van der Waals surface area contributed by atoms with Crippen LogP contribution in [0.3, 0.4) is 0 Å². The standard InChI is InChI=1S/C30H22F7N5O4S/c1-17-2-9-25(45-11-10-29(32,33)34)24(12-17)42-26(43)15-47-28(42)40-27(44)39-22-8-3-18(13-21(22)31)23-14-41(16-38-23)19-4-6-20(7-5-19)46-30(35,36)37/h2-9,12-14,16H,10-11,15H2,1H3,(H,39,44). The number of urea groups is 1. The summed E-state index contributed by atoms with van der Waals surface area (Å²) >= 11 is 0.911. The van der Waals surface area contributed by atoms with E-state index in [1.807, 2.05) is 0 Å². The van der Waals surface area contributed by atoms with E-state index in [1.165, 1.54) is 53.5 Å². The van der Waals surface area contributed by atoms with Gasteiger partial charge in [0, 0.05) is 17.4 Å². The van der Waals surface area contributed by atoms with Gasteiger partial charge in [0.15, 0.2) is 5.17 Å². The lowest BCUT2D eigenvalue weighted by Gasteiger charge is -2.20. The van der Waals surface area contributed by atoms with Crippen LogP contribution in [0, 0.1) is 12.7 Å². The molecule has 17 heteroatoms. The van der Waals surface area contributed by atoms with E-state index in [2.05, 4.69) is 20.0 Å². The summed E-state index contributed by atoms with van der Waals surface area (Å²) in [7, 11) is 0. The van der Waals surface area contributed by atoms with Gasteiger partial charge in [-0.05, 0) is 61.0 Å². The van der Waals surface area contributed by atoms with Gasteiger partial charge in [-0.15, -0.1) is 13.2 Å². The van der Waals surface area contributed by atoms with Crippen molar-refractivity contribution in [3.8, 4) is 28.4 Å². The van der Waals surface area contributed by atoms with Crippen molar-refractivity contribution >= 4 is 40.2 Å². The highest BCUT2D eigenvalue weighted by Gasteiger charge is 2.34. The minimum absolute atomic E-state index is 0.0135. The fraction of sp³-hybridized carbons (Fsp3) is 0.200. The summed E-state index contributed by atoms with van der Waals surface area (Å²) in [5.41, 5.74) is 1.63. The number of aliphatic imine (C=N–C) groups is 1. The number of carbonyl (C=O) groups excluding carboxylic acids is 2. The number of imidazole rings is 1. The predicted octanol–water partition coefficient (Wildman–Crippen LogP) is 7.88. The van der Waals surface area contributed by atoms with Gasteiger partial charge in [0.1, 0.15) is 17.3 Å². The molecule has 0 radical (unpaired) electrons. The molecule has 1 fully saturated rings. The Labute approximate surface area is 266 Å². The number of aromatic nitrogens is 2. The van der Waals surface area contributed by atoms with Crippen molar-refractivity contribution in [3.05, 3.63) is 84.6 Å². The van der Waals surface area contributed by atoms with Crippen molar-refractivity contribution in [2.75, 3.05) is 22.6 Å². The Bertz CT molecular complexity index is 1820. The van der Waals surface area contributed by atoms with Crippen molar-refractivity contribution in [3.63, 3.8) is 0 Å². The zero-order chi connectivity index (χ0) is 33.9. The lowest BCUT2D eigenvalue weighted by atomic mass is 10.1. The maximum atomic E-state index is 15.1. The molecule has 5 rings (SSSR count). The first-order chi connectivity index (χ1) is 22.1. The Morgan fingerprint density at radius 3 is 2.47 bits per heavy atom. The highest BCUT2D eigenvalue weighted by molar-refractivity contribution is 8.15. The molecule has 0 saturated carbocycles. The Kier molecular flexibility index (Phi) is 9.46. The van der Waals surface area contributed by atoms with Crippen molar-refractivity contribution in [2.24, 2.45) is 4.99 Å². The monoisotopic (exact) mass is 681 g/mol. The Balaban J connectivity index is 1.29. The maximum absolute atomic E-state index is 15.1. The average molecular weight is 682 g/mol. The topological polar surface area (TPSA) is 98.1 Å². The summed E-state index contributed by atoms with van der Waals surface area (Å²) in [6.45, 7) is 1.01. The summed E-state index contributed by atoms with van der Waals surface area (Å²) in [5.74, 6) is -1.85. The third kappa shape index (κ3) is 8.60. The Morgan fingerprint density at radius 1 is 1.04 bits per heavy atom. The van der Waals surface area contributed by atoms with Crippen LogP contribution in [0.5, 0.6) is 11.5 Å². The van der Waals surface area contributed by atoms with Crippen LogP contribution in [0.15, 0.2) is 78.2 Å². The molecule has 1 N–H and O–H groups in total. The van der Waals surface area contributed by atoms with Gasteiger partial charge in [0.25, 0.3) is 0 Å². The number of nitrogens with one attached hydrogen (secondary N) is 1. The van der Waals surface area contributed by atoms with Crippen LogP contribution in [0.25, 0.3) is 16.9 Å². The van der Waals surface area contributed by atoms with Gasteiger partial charge in [-0.1, -0.05) is 23.9 Å². The number of alkyl halides is 6. The number of halogens is 7. The van der Waals surface area contributed by atoms with Crippen LogP contribution in [0.4, 0.5) is 46.9 Å². The van der Waals surface area contributed by atoms with Crippen LogP contribution in [0.2, 0.25) is 0 Å². The summed E-state index contributed by atoms with van der Waals surface area (Å²) in [5, 5.41) is 2.22. The van der Waals surface area contributed by atoms with E-state index in [4.69, 9.17) is 4.74 Å². The second-order valence-electron chi connectivity index (χ2n) is 9.93. The van der Waals surface area contributed by atoms with Crippen LogP contribution in [0.1, 0.15) is 12.0 Å². The second-order valence-corrected chi connectivity index (χ2v) is 10.9. The van der Waals surface area contributed by atoms with Crippen LogP contribution in [-0.4, -0.2) is 51.6 Å². The largest absolute Gasteiger partial charge is 0.573 e. The number of amidine groups is 1. The zero-order valence-corrected chi connectivity index (χ0v) is 24.8. The molecule has 0 unspecified atom stereocenters. The third-order valence-corrected chi connectivity index (χ3v) is 7.34. The minimum atomic E-state index is -4.83. The smallest absolute Gasteiger partial charge is 0.491 e. The summed E-state index contributed by atoms with van der Waals surface area (Å²) in [4.78, 5) is 34.7. The average Bonchev–Trinajstić information content (AvgIpc) is 3.61.